The third-order valence-electron chi connectivity index (χ3n) is 3.18. The second-order valence-electron chi connectivity index (χ2n) is 4.37. The summed E-state index contributed by atoms with van der Waals surface area (Å²) in [6, 6.07) is 18.2. The Bertz CT molecular complexity index is 767. The zero-order valence-corrected chi connectivity index (χ0v) is 10.9. The van der Waals surface area contributed by atoms with Crippen LogP contribution in [0.1, 0.15) is 0 Å². The predicted molar refractivity (Wildman–Crippen MR) is 80.8 cm³/mol. The number of hydrogen-bond acceptors (Lipinski definition) is 1. The van der Waals surface area contributed by atoms with Crippen LogP contribution in [0.2, 0.25) is 0 Å². The number of anilines is 1. The molecule has 0 saturated carbocycles. The van der Waals surface area contributed by atoms with E-state index < -0.39 is 0 Å². The lowest BCUT2D eigenvalue weighted by Gasteiger charge is -2.09. The molecule has 0 bridgehead atoms. The molecule has 3 aromatic rings. The second kappa shape index (κ2) is 4.90. The zero-order valence-electron chi connectivity index (χ0n) is 10.2. The summed E-state index contributed by atoms with van der Waals surface area (Å²) in [7, 11) is 0. The first-order chi connectivity index (χ1) is 9.29. The Kier molecular flexibility index (Phi) is 3.10. The number of carbonyl (C=O) groups is 1. The topological polar surface area (TPSA) is 29.1 Å². The van der Waals surface area contributed by atoms with E-state index in [0.29, 0.717) is 0 Å². The van der Waals surface area contributed by atoms with Crippen LogP contribution >= 0.6 is 11.6 Å². The Morgan fingerprint density at radius 2 is 1.68 bits per heavy atom. The monoisotopic (exact) mass is 269 g/mol. The minimum absolute atomic E-state index is 0.0377. The second-order valence-corrected chi connectivity index (χ2v) is 4.64. The highest BCUT2D eigenvalue weighted by Gasteiger charge is 2.06. The van der Waals surface area contributed by atoms with Gasteiger partial charge in [-0.2, -0.15) is 0 Å². The van der Waals surface area contributed by atoms with Gasteiger partial charge in [0.05, 0.1) is 0 Å². The highest BCUT2D eigenvalue weighted by atomic mass is 35.5. The van der Waals surface area contributed by atoms with Crippen molar-refractivity contribution in [1.29, 1.82) is 0 Å². The van der Waals surface area contributed by atoms with Gasteiger partial charge >= 0.3 is 0 Å². The van der Waals surface area contributed by atoms with Crippen molar-refractivity contribution in [3.8, 4) is 0 Å². The molecule has 0 saturated heterocycles. The van der Waals surface area contributed by atoms with Crippen molar-refractivity contribution in [2.24, 2.45) is 0 Å². The molecule has 0 unspecified atom stereocenters. The van der Waals surface area contributed by atoms with Gasteiger partial charge in [-0.1, -0.05) is 48.5 Å². The summed E-state index contributed by atoms with van der Waals surface area (Å²) >= 11 is 5.54. The largest absolute Gasteiger partial charge is 0.324 e. The maximum absolute atomic E-state index is 11.4. The van der Waals surface area contributed by atoms with Gasteiger partial charge in [0.15, 0.2) is 0 Å². The summed E-state index contributed by atoms with van der Waals surface area (Å²) < 4.78 is 0. The molecular formula is C16H12ClNO. The average molecular weight is 270 g/mol. The molecule has 3 heteroatoms. The van der Waals surface area contributed by atoms with E-state index in [1.54, 1.807) is 0 Å². The summed E-state index contributed by atoms with van der Waals surface area (Å²) in [5.74, 6) is -0.230. The number of amides is 1. The van der Waals surface area contributed by atoms with E-state index in [-0.39, 0.29) is 11.8 Å². The van der Waals surface area contributed by atoms with Crippen LogP contribution in [0.25, 0.3) is 21.5 Å². The van der Waals surface area contributed by atoms with Crippen molar-refractivity contribution in [3.05, 3.63) is 54.6 Å². The van der Waals surface area contributed by atoms with Crippen molar-refractivity contribution in [3.63, 3.8) is 0 Å². The Labute approximate surface area is 116 Å². The molecule has 0 aliphatic carbocycles. The molecule has 0 aliphatic heterocycles. The standard InChI is InChI=1S/C16H12ClNO/c17-10-16(19)18-15-7-3-6-13-12-5-2-1-4-11(12)8-9-14(13)15/h1-9H,10H2,(H,18,19). The molecule has 1 N–H and O–H groups in total. The molecule has 0 fully saturated rings. The maximum Gasteiger partial charge on any atom is 0.239 e. The molecule has 0 aromatic heterocycles. The molecule has 94 valence electrons. The van der Waals surface area contributed by atoms with Crippen LogP contribution in [-0.4, -0.2) is 11.8 Å². The number of alkyl halides is 1. The van der Waals surface area contributed by atoms with Crippen LogP contribution in [0.5, 0.6) is 0 Å². The summed E-state index contributed by atoms with van der Waals surface area (Å²) in [5.41, 5.74) is 0.800. The summed E-state index contributed by atoms with van der Waals surface area (Å²) in [5, 5.41) is 7.36. The molecule has 0 spiro atoms. The highest BCUT2D eigenvalue weighted by Crippen LogP contribution is 2.30. The normalized spacial score (nSPS) is 10.8. The molecule has 3 aromatic carbocycles. The molecule has 2 nitrogen and oxygen atoms in total. The van der Waals surface area contributed by atoms with Crippen LogP contribution < -0.4 is 5.32 Å². The molecule has 1 amide bonds. The van der Waals surface area contributed by atoms with E-state index >= 15 is 0 Å². The Morgan fingerprint density at radius 1 is 0.895 bits per heavy atom. The van der Waals surface area contributed by atoms with Gasteiger partial charge in [-0.05, 0) is 22.2 Å². The fourth-order valence-corrected chi connectivity index (χ4v) is 2.40. The van der Waals surface area contributed by atoms with Gasteiger partial charge in [-0.25, -0.2) is 0 Å². The predicted octanol–water partition coefficient (Wildman–Crippen LogP) is 4.17. The number of fused-ring (bicyclic) bond motifs is 3. The van der Waals surface area contributed by atoms with Crippen molar-refractivity contribution < 1.29 is 4.79 Å². The minimum Gasteiger partial charge on any atom is -0.324 e. The highest BCUT2D eigenvalue weighted by molar-refractivity contribution is 6.29. The SMILES string of the molecule is O=C(CCl)Nc1cccc2c1ccc1ccccc12. The molecule has 0 radical (unpaired) electrons. The van der Waals surface area contributed by atoms with Crippen molar-refractivity contribution >= 4 is 44.7 Å². The van der Waals surface area contributed by atoms with Gasteiger partial charge in [-0.15, -0.1) is 11.6 Å². The Balaban J connectivity index is 2.26. The van der Waals surface area contributed by atoms with E-state index in [2.05, 4.69) is 29.6 Å². The Morgan fingerprint density at radius 3 is 2.53 bits per heavy atom. The van der Waals surface area contributed by atoms with Gasteiger partial charge < -0.3 is 5.32 Å². The summed E-state index contributed by atoms with van der Waals surface area (Å²) in [6.07, 6.45) is 0. The summed E-state index contributed by atoms with van der Waals surface area (Å²) in [6.45, 7) is 0. The molecule has 0 heterocycles. The van der Waals surface area contributed by atoms with E-state index in [1.807, 2.05) is 30.3 Å². The number of benzene rings is 3. The van der Waals surface area contributed by atoms with Gasteiger partial charge in [-0.3, -0.25) is 4.79 Å². The number of rotatable bonds is 2. The van der Waals surface area contributed by atoms with E-state index in [9.17, 15) is 4.79 Å². The average Bonchev–Trinajstić information content (AvgIpc) is 2.47. The number of hydrogen-bond donors (Lipinski definition) is 1. The van der Waals surface area contributed by atoms with Crippen molar-refractivity contribution in [2.45, 2.75) is 0 Å². The minimum atomic E-state index is -0.192. The quantitative estimate of drug-likeness (QED) is 0.549. The van der Waals surface area contributed by atoms with Crippen LogP contribution in [0.4, 0.5) is 5.69 Å². The van der Waals surface area contributed by atoms with Gasteiger partial charge in [0.1, 0.15) is 5.88 Å². The first-order valence-corrected chi connectivity index (χ1v) is 6.59. The Hall–Kier alpha value is -2.06. The fourth-order valence-electron chi connectivity index (χ4n) is 2.33. The maximum atomic E-state index is 11.4. The third-order valence-corrected chi connectivity index (χ3v) is 3.42. The number of halogens is 1. The van der Waals surface area contributed by atoms with E-state index in [4.69, 9.17) is 11.6 Å². The van der Waals surface area contributed by atoms with Gasteiger partial charge in [0, 0.05) is 11.1 Å². The first-order valence-electron chi connectivity index (χ1n) is 6.06. The van der Waals surface area contributed by atoms with Gasteiger partial charge in [0.25, 0.3) is 0 Å². The lowest BCUT2D eigenvalue weighted by Crippen LogP contribution is -2.12. The van der Waals surface area contributed by atoms with Crippen LogP contribution in [-0.2, 0) is 4.79 Å². The zero-order chi connectivity index (χ0) is 13.2. The van der Waals surface area contributed by atoms with Crippen molar-refractivity contribution in [2.75, 3.05) is 11.2 Å². The van der Waals surface area contributed by atoms with E-state index in [1.165, 1.54) is 10.8 Å². The molecule has 19 heavy (non-hydrogen) atoms. The fraction of sp³-hybridized carbons (Fsp3) is 0.0625. The van der Waals surface area contributed by atoms with Crippen LogP contribution in [0, 0.1) is 0 Å². The van der Waals surface area contributed by atoms with Gasteiger partial charge in [0.2, 0.25) is 5.91 Å². The van der Waals surface area contributed by atoms with Crippen LogP contribution in [0.3, 0.4) is 0 Å². The third kappa shape index (κ3) is 2.15. The van der Waals surface area contributed by atoms with Crippen molar-refractivity contribution in [1.82, 2.24) is 0 Å². The smallest absolute Gasteiger partial charge is 0.239 e. The lowest BCUT2D eigenvalue weighted by molar-refractivity contribution is -0.113. The number of carbonyl (C=O) groups excluding carboxylic acids is 1. The molecular weight excluding hydrogens is 258 g/mol. The number of nitrogens with one attached hydrogen (secondary N) is 1. The van der Waals surface area contributed by atoms with E-state index in [0.717, 1.165) is 16.5 Å². The lowest BCUT2D eigenvalue weighted by atomic mass is 10.0. The molecule has 0 aliphatic rings. The summed E-state index contributed by atoms with van der Waals surface area (Å²) in [4.78, 5) is 11.4. The molecule has 0 atom stereocenters. The first kappa shape index (κ1) is 12.0. The molecule has 3 rings (SSSR count). The van der Waals surface area contributed by atoms with Crippen LogP contribution in [0.15, 0.2) is 54.6 Å².